The fourth-order valence-electron chi connectivity index (χ4n) is 3.87. The van der Waals surface area contributed by atoms with Gasteiger partial charge in [-0.25, -0.2) is 8.42 Å². The van der Waals surface area contributed by atoms with E-state index in [4.69, 9.17) is 34.8 Å². The van der Waals surface area contributed by atoms with E-state index in [0.717, 1.165) is 9.87 Å². The second-order valence-electron chi connectivity index (χ2n) is 10.5. The summed E-state index contributed by atoms with van der Waals surface area (Å²) in [5.74, 6) is -1.01. The summed E-state index contributed by atoms with van der Waals surface area (Å²) in [7, 11) is -4.23. The molecule has 0 fully saturated rings. The van der Waals surface area contributed by atoms with Crippen molar-refractivity contribution in [1.29, 1.82) is 0 Å². The standard InChI is InChI=1S/C29H32Cl3N3O4S/c1-19-10-13-23(14-11-19)40(38,39)35(22-12-15-25(31)26(32)16-22)18-27(36)34(17-21-8-6-7-9-24(21)30)20(2)28(37)33-29(3,4)5/h6-16,20H,17-18H2,1-5H3,(H,33,37)/t20-/m0/s1. The SMILES string of the molecule is Cc1ccc(S(=O)(=O)N(CC(=O)N(Cc2ccccc2Cl)[C@@H](C)C(=O)NC(C)(C)C)c2ccc(Cl)c(Cl)c2)cc1. The van der Waals surface area contributed by atoms with Gasteiger partial charge in [0.25, 0.3) is 10.0 Å². The van der Waals surface area contributed by atoms with E-state index >= 15 is 0 Å². The van der Waals surface area contributed by atoms with Crippen LogP contribution in [0.2, 0.25) is 15.1 Å². The quantitative estimate of drug-likeness (QED) is 0.295. The fourth-order valence-corrected chi connectivity index (χ4v) is 5.77. The van der Waals surface area contributed by atoms with Crippen molar-refractivity contribution >= 4 is 62.3 Å². The van der Waals surface area contributed by atoms with Gasteiger partial charge < -0.3 is 10.2 Å². The second kappa shape index (κ2) is 12.8. The highest BCUT2D eigenvalue weighted by molar-refractivity contribution is 7.92. The Bertz CT molecular complexity index is 1490. The maximum Gasteiger partial charge on any atom is 0.264 e. The van der Waals surface area contributed by atoms with Crippen molar-refractivity contribution in [2.45, 2.75) is 57.6 Å². The third-order valence-electron chi connectivity index (χ3n) is 6.04. The summed E-state index contributed by atoms with van der Waals surface area (Å²) in [6.45, 7) is 8.30. The van der Waals surface area contributed by atoms with E-state index in [2.05, 4.69) is 5.32 Å². The Labute approximate surface area is 251 Å². The number of hydrogen-bond donors (Lipinski definition) is 1. The lowest BCUT2D eigenvalue weighted by Gasteiger charge is -2.33. The molecule has 3 aromatic rings. The summed E-state index contributed by atoms with van der Waals surface area (Å²) in [5, 5.41) is 3.66. The lowest BCUT2D eigenvalue weighted by atomic mass is 10.1. The number of nitrogens with one attached hydrogen (secondary N) is 1. The first-order valence-electron chi connectivity index (χ1n) is 12.5. The highest BCUT2D eigenvalue weighted by Crippen LogP contribution is 2.31. The van der Waals surface area contributed by atoms with Crippen LogP contribution in [0.4, 0.5) is 5.69 Å². The molecule has 0 aliphatic heterocycles. The Balaban J connectivity index is 2.08. The van der Waals surface area contributed by atoms with E-state index in [1.165, 1.54) is 35.2 Å². The number of sulfonamides is 1. The van der Waals surface area contributed by atoms with E-state index in [-0.39, 0.29) is 27.2 Å². The summed E-state index contributed by atoms with van der Waals surface area (Å²) in [5.41, 5.74) is 1.08. The summed E-state index contributed by atoms with van der Waals surface area (Å²) < 4.78 is 28.7. The van der Waals surface area contributed by atoms with Crippen LogP contribution in [0.1, 0.15) is 38.8 Å². The number of rotatable bonds is 9. The minimum Gasteiger partial charge on any atom is -0.350 e. The van der Waals surface area contributed by atoms with Crippen molar-refractivity contribution in [3.05, 3.63) is 92.9 Å². The Hall–Kier alpha value is -2.78. The van der Waals surface area contributed by atoms with Gasteiger partial charge in [0.2, 0.25) is 11.8 Å². The van der Waals surface area contributed by atoms with Crippen molar-refractivity contribution in [3.8, 4) is 0 Å². The predicted octanol–water partition coefficient (Wildman–Crippen LogP) is 6.48. The summed E-state index contributed by atoms with van der Waals surface area (Å²) in [6.07, 6.45) is 0. The normalized spacial score (nSPS) is 12.5. The van der Waals surface area contributed by atoms with E-state index in [1.807, 2.05) is 27.7 Å². The van der Waals surface area contributed by atoms with Gasteiger partial charge in [0.05, 0.1) is 20.6 Å². The molecule has 0 spiro atoms. The second-order valence-corrected chi connectivity index (χ2v) is 13.5. The highest BCUT2D eigenvalue weighted by Gasteiger charge is 2.33. The zero-order valence-corrected chi connectivity index (χ0v) is 26.0. The smallest absolute Gasteiger partial charge is 0.264 e. The molecular weight excluding hydrogens is 593 g/mol. The van der Waals surface area contributed by atoms with Gasteiger partial charge >= 0.3 is 0 Å². The van der Waals surface area contributed by atoms with Gasteiger partial charge in [-0.15, -0.1) is 0 Å². The summed E-state index contributed by atoms with van der Waals surface area (Å²) in [4.78, 5) is 28.5. The van der Waals surface area contributed by atoms with Crippen molar-refractivity contribution in [2.75, 3.05) is 10.8 Å². The van der Waals surface area contributed by atoms with Crippen LogP contribution in [0.5, 0.6) is 0 Å². The van der Waals surface area contributed by atoms with Crippen LogP contribution in [-0.4, -0.2) is 43.3 Å². The van der Waals surface area contributed by atoms with Crippen molar-refractivity contribution < 1.29 is 18.0 Å². The molecule has 0 heterocycles. The third kappa shape index (κ3) is 7.91. The fraction of sp³-hybridized carbons (Fsp3) is 0.310. The molecule has 2 amide bonds. The highest BCUT2D eigenvalue weighted by atomic mass is 35.5. The van der Waals surface area contributed by atoms with E-state index in [9.17, 15) is 18.0 Å². The molecule has 0 bridgehead atoms. The van der Waals surface area contributed by atoms with Crippen molar-refractivity contribution in [1.82, 2.24) is 10.2 Å². The monoisotopic (exact) mass is 623 g/mol. The largest absolute Gasteiger partial charge is 0.350 e. The Morgan fingerprint density at radius 2 is 1.52 bits per heavy atom. The molecule has 0 saturated carbocycles. The number of carbonyl (C=O) groups is 2. The predicted molar refractivity (Wildman–Crippen MR) is 162 cm³/mol. The molecule has 11 heteroatoms. The van der Waals surface area contributed by atoms with Gasteiger partial charge in [-0.1, -0.05) is 70.7 Å². The number of carbonyl (C=O) groups excluding carboxylic acids is 2. The molecule has 0 saturated heterocycles. The molecule has 3 rings (SSSR count). The maximum atomic E-state index is 14.0. The van der Waals surface area contributed by atoms with E-state index < -0.39 is 40.0 Å². The summed E-state index contributed by atoms with van der Waals surface area (Å²) in [6, 6.07) is 16.6. The number of amides is 2. The molecule has 7 nitrogen and oxygen atoms in total. The lowest BCUT2D eigenvalue weighted by Crippen LogP contribution is -2.54. The number of anilines is 1. The first-order valence-corrected chi connectivity index (χ1v) is 15.1. The Kier molecular flexibility index (Phi) is 10.2. The van der Waals surface area contributed by atoms with Crippen LogP contribution in [-0.2, 0) is 26.2 Å². The van der Waals surface area contributed by atoms with Crippen LogP contribution in [0.25, 0.3) is 0 Å². The molecular formula is C29H32Cl3N3O4S. The van der Waals surface area contributed by atoms with Gasteiger partial charge in [-0.2, -0.15) is 0 Å². The Morgan fingerprint density at radius 1 is 0.900 bits per heavy atom. The van der Waals surface area contributed by atoms with Gasteiger partial charge in [0.1, 0.15) is 12.6 Å². The Morgan fingerprint density at radius 3 is 2.10 bits per heavy atom. The molecule has 3 aromatic carbocycles. The molecule has 0 aliphatic rings. The lowest BCUT2D eigenvalue weighted by molar-refractivity contribution is -0.140. The summed E-state index contributed by atoms with van der Waals surface area (Å²) >= 11 is 18.7. The first kappa shape index (κ1) is 31.7. The number of hydrogen-bond acceptors (Lipinski definition) is 4. The van der Waals surface area contributed by atoms with Gasteiger partial charge in [0.15, 0.2) is 0 Å². The molecule has 0 unspecified atom stereocenters. The van der Waals surface area contributed by atoms with E-state index in [0.29, 0.717) is 10.6 Å². The van der Waals surface area contributed by atoms with Crippen LogP contribution < -0.4 is 9.62 Å². The topological polar surface area (TPSA) is 86.8 Å². The number of halogens is 3. The number of aryl methyl sites for hydroxylation is 1. The molecule has 40 heavy (non-hydrogen) atoms. The molecule has 0 aliphatic carbocycles. The number of nitrogens with zero attached hydrogens (tertiary/aromatic N) is 2. The maximum absolute atomic E-state index is 14.0. The first-order chi connectivity index (χ1) is 18.6. The van der Waals surface area contributed by atoms with Crippen molar-refractivity contribution in [3.63, 3.8) is 0 Å². The molecule has 1 N–H and O–H groups in total. The molecule has 1 atom stereocenters. The average molecular weight is 625 g/mol. The number of benzene rings is 3. The van der Waals surface area contributed by atoms with Crippen LogP contribution >= 0.6 is 34.8 Å². The molecule has 0 aromatic heterocycles. The minimum atomic E-state index is -4.23. The van der Waals surface area contributed by atoms with Gasteiger partial charge in [-0.05, 0) is 76.6 Å². The van der Waals surface area contributed by atoms with E-state index in [1.54, 1.807) is 43.3 Å². The van der Waals surface area contributed by atoms with Crippen LogP contribution in [0, 0.1) is 6.92 Å². The third-order valence-corrected chi connectivity index (χ3v) is 8.94. The average Bonchev–Trinajstić information content (AvgIpc) is 2.87. The zero-order valence-electron chi connectivity index (χ0n) is 22.9. The molecule has 0 radical (unpaired) electrons. The van der Waals surface area contributed by atoms with Crippen molar-refractivity contribution in [2.24, 2.45) is 0 Å². The minimum absolute atomic E-state index is 0.00634. The molecule has 214 valence electrons. The van der Waals surface area contributed by atoms with Crippen LogP contribution in [0.3, 0.4) is 0 Å². The van der Waals surface area contributed by atoms with Gasteiger partial charge in [-0.3, -0.25) is 13.9 Å². The zero-order chi connectivity index (χ0) is 29.8. The van der Waals surface area contributed by atoms with Crippen LogP contribution in [0.15, 0.2) is 71.6 Å². The van der Waals surface area contributed by atoms with Gasteiger partial charge in [0, 0.05) is 17.1 Å².